The highest BCUT2D eigenvalue weighted by Gasteiger charge is 2.20. The maximum atomic E-state index is 4.52. The van der Waals surface area contributed by atoms with Crippen LogP contribution in [0.15, 0.2) is 49.1 Å². The number of nitrogens with zero attached hydrogens (tertiary/aromatic N) is 3. The third-order valence-corrected chi connectivity index (χ3v) is 4.71. The molecule has 4 nitrogen and oxygen atoms in total. The van der Waals surface area contributed by atoms with E-state index in [9.17, 15) is 0 Å². The van der Waals surface area contributed by atoms with Gasteiger partial charge in [-0.2, -0.15) is 0 Å². The number of pyridine rings is 2. The van der Waals surface area contributed by atoms with Crippen LogP contribution in [0.1, 0.15) is 24.0 Å². The van der Waals surface area contributed by atoms with Crippen LogP contribution in [0.25, 0.3) is 11.0 Å². The van der Waals surface area contributed by atoms with Crippen LogP contribution in [-0.2, 0) is 13.0 Å². The van der Waals surface area contributed by atoms with E-state index in [4.69, 9.17) is 0 Å². The van der Waals surface area contributed by atoms with Gasteiger partial charge < -0.3 is 4.98 Å². The van der Waals surface area contributed by atoms with E-state index in [2.05, 4.69) is 38.1 Å². The van der Waals surface area contributed by atoms with Crippen LogP contribution in [0, 0.1) is 5.92 Å². The average Bonchev–Trinajstić information content (AvgIpc) is 3.04. The minimum atomic E-state index is 0.721. The van der Waals surface area contributed by atoms with E-state index < -0.39 is 0 Å². The van der Waals surface area contributed by atoms with Gasteiger partial charge in [0.05, 0.1) is 0 Å². The minimum absolute atomic E-state index is 0.721. The zero-order chi connectivity index (χ0) is 15.5. The van der Waals surface area contributed by atoms with Crippen molar-refractivity contribution in [3.8, 4) is 0 Å². The highest BCUT2D eigenvalue weighted by atomic mass is 15.1. The summed E-state index contributed by atoms with van der Waals surface area (Å²) in [5.74, 6) is 0.721. The van der Waals surface area contributed by atoms with Crippen molar-refractivity contribution in [3.63, 3.8) is 0 Å². The summed E-state index contributed by atoms with van der Waals surface area (Å²) in [6.07, 6.45) is 11.5. The number of likely N-dealkylation sites (tertiary alicyclic amines) is 1. The van der Waals surface area contributed by atoms with Crippen molar-refractivity contribution in [2.45, 2.75) is 25.8 Å². The molecule has 0 bridgehead atoms. The van der Waals surface area contributed by atoms with Gasteiger partial charge in [-0.05, 0) is 61.1 Å². The zero-order valence-electron chi connectivity index (χ0n) is 13.3. The Hall–Kier alpha value is -2.20. The molecule has 3 aromatic heterocycles. The lowest BCUT2D eigenvalue weighted by atomic mass is 9.91. The Bertz CT molecular complexity index is 765. The molecule has 4 rings (SSSR count). The molecule has 1 saturated heterocycles. The van der Waals surface area contributed by atoms with Crippen LogP contribution in [0.3, 0.4) is 0 Å². The van der Waals surface area contributed by atoms with Crippen LogP contribution in [0.4, 0.5) is 0 Å². The quantitative estimate of drug-likeness (QED) is 0.803. The first-order valence-corrected chi connectivity index (χ1v) is 8.40. The number of piperidine rings is 1. The molecular formula is C19H22N4. The van der Waals surface area contributed by atoms with E-state index in [1.807, 2.05) is 30.9 Å². The summed E-state index contributed by atoms with van der Waals surface area (Å²) < 4.78 is 0. The first-order chi connectivity index (χ1) is 11.4. The number of rotatable bonds is 4. The van der Waals surface area contributed by atoms with Gasteiger partial charge in [0.25, 0.3) is 0 Å². The van der Waals surface area contributed by atoms with Crippen molar-refractivity contribution in [2.24, 2.45) is 5.92 Å². The highest BCUT2D eigenvalue weighted by Crippen LogP contribution is 2.23. The summed E-state index contributed by atoms with van der Waals surface area (Å²) in [6.45, 7) is 3.37. The van der Waals surface area contributed by atoms with Gasteiger partial charge in [0.2, 0.25) is 0 Å². The molecule has 0 aromatic carbocycles. The second kappa shape index (κ2) is 6.50. The van der Waals surface area contributed by atoms with Gasteiger partial charge in [-0.25, -0.2) is 4.98 Å². The van der Waals surface area contributed by atoms with Gasteiger partial charge in [0, 0.05) is 43.3 Å². The number of aromatic nitrogens is 3. The van der Waals surface area contributed by atoms with Gasteiger partial charge >= 0.3 is 0 Å². The Morgan fingerprint density at radius 2 is 2.22 bits per heavy atom. The molecule has 0 unspecified atom stereocenters. The van der Waals surface area contributed by atoms with E-state index >= 15 is 0 Å². The van der Waals surface area contributed by atoms with Gasteiger partial charge in [-0.3, -0.25) is 9.88 Å². The molecule has 0 saturated carbocycles. The number of hydrogen-bond donors (Lipinski definition) is 1. The molecule has 23 heavy (non-hydrogen) atoms. The van der Waals surface area contributed by atoms with E-state index in [-0.39, 0.29) is 0 Å². The van der Waals surface area contributed by atoms with Crippen LogP contribution in [0.5, 0.6) is 0 Å². The van der Waals surface area contributed by atoms with Crippen molar-refractivity contribution in [1.29, 1.82) is 0 Å². The van der Waals surface area contributed by atoms with E-state index in [1.165, 1.54) is 42.4 Å². The number of H-pyrrole nitrogens is 1. The van der Waals surface area contributed by atoms with Crippen molar-refractivity contribution in [2.75, 3.05) is 13.1 Å². The molecular weight excluding hydrogens is 284 g/mol. The van der Waals surface area contributed by atoms with Crippen LogP contribution < -0.4 is 0 Å². The first-order valence-electron chi connectivity index (χ1n) is 8.40. The molecule has 1 N–H and O–H groups in total. The Kier molecular flexibility index (Phi) is 4.07. The topological polar surface area (TPSA) is 44.8 Å². The minimum Gasteiger partial charge on any atom is -0.346 e. The van der Waals surface area contributed by atoms with Crippen molar-refractivity contribution in [3.05, 3.63) is 60.2 Å². The smallest absolute Gasteiger partial charge is 0.137 e. The number of fused-ring (bicyclic) bond motifs is 1. The van der Waals surface area contributed by atoms with Crippen LogP contribution in [0.2, 0.25) is 0 Å². The Labute approximate surface area is 136 Å². The molecule has 0 radical (unpaired) electrons. The fourth-order valence-corrected chi connectivity index (χ4v) is 3.64. The number of nitrogens with one attached hydrogen (secondary N) is 1. The first kappa shape index (κ1) is 14.4. The van der Waals surface area contributed by atoms with Gasteiger partial charge in [0.1, 0.15) is 5.65 Å². The maximum absolute atomic E-state index is 4.52. The third kappa shape index (κ3) is 3.42. The van der Waals surface area contributed by atoms with E-state index in [0.717, 1.165) is 24.5 Å². The monoisotopic (exact) mass is 306 g/mol. The van der Waals surface area contributed by atoms with Gasteiger partial charge in [0.15, 0.2) is 0 Å². The molecule has 118 valence electrons. The summed E-state index contributed by atoms with van der Waals surface area (Å²) in [5.41, 5.74) is 3.64. The Morgan fingerprint density at radius 1 is 1.22 bits per heavy atom. The lowest BCUT2D eigenvalue weighted by molar-refractivity contribution is 0.167. The normalized spacial score (nSPS) is 19.2. The number of aromatic amines is 1. The largest absolute Gasteiger partial charge is 0.346 e. The SMILES string of the molecule is c1cncc(CN2CCC[C@H](Cc3cnc4[nH]ccc4c3)C2)c1. The second-order valence-corrected chi connectivity index (χ2v) is 6.57. The van der Waals surface area contributed by atoms with Gasteiger partial charge in [-0.1, -0.05) is 6.07 Å². The molecule has 1 atom stereocenters. The highest BCUT2D eigenvalue weighted by molar-refractivity contribution is 5.75. The molecule has 0 amide bonds. The maximum Gasteiger partial charge on any atom is 0.137 e. The third-order valence-electron chi connectivity index (χ3n) is 4.71. The van der Waals surface area contributed by atoms with Crippen LogP contribution in [-0.4, -0.2) is 32.9 Å². The van der Waals surface area contributed by atoms with Crippen molar-refractivity contribution < 1.29 is 0 Å². The lowest BCUT2D eigenvalue weighted by Gasteiger charge is -2.32. The predicted molar refractivity (Wildman–Crippen MR) is 92.0 cm³/mol. The predicted octanol–water partition coefficient (Wildman–Crippen LogP) is 3.41. The van der Waals surface area contributed by atoms with Crippen molar-refractivity contribution >= 4 is 11.0 Å². The van der Waals surface area contributed by atoms with Crippen molar-refractivity contribution in [1.82, 2.24) is 19.9 Å². The Morgan fingerprint density at radius 3 is 3.13 bits per heavy atom. The molecule has 1 aliphatic heterocycles. The summed E-state index contributed by atoms with van der Waals surface area (Å²) in [7, 11) is 0. The Balaban J connectivity index is 1.40. The summed E-state index contributed by atoms with van der Waals surface area (Å²) in [4.78, 5) is 14.5. The molecule has 3 aromatic rings. The summed E-state index contributed by atoms with van der Waals surface area (Å²) in [5, 5.41) is 1.21. The average molecular weight is 306 g/mol. The fourth-order valence-electron chi connectivity index (χ4n) is 3.64. The molecule has 4 heteroatoms. The van der Waals surface area contributed by atoms with Gasteiger partial charge in [-0.15, -0.1) is 0 Å². The van der Waals surface area contributed by atoms with E-state index in [1.54, 1.807) is 0 Å². The molecule has 0 aliphatic carbocycles. The van der Waals surface area contributed by atoms with Crippen LogP contribution >= 0.6 is 0 Å². The molecule has 4 heterocycles. The summed E-state index contributed by atoms with van der Waals surface area (Å²) >= 11 is 0. The molecule has 1 fully saturated rings. The van der Waals surface area contributed by atoms with E-state index in [0.29, 0.717) is 0 Å². The fraction of sp³-hybridized carbons (Fsp3) is 0.368. The number of hydrogen-bond acceptors (Lipinski definition) is 3. The molecule has 1 aliphatic rings. The zero-order valence-corrected chi connectivity index (χ0v) is 13.3. The lowest BCUT2D eigenvalue weighted by Crippen LogP contribution is -2.35. The second-order valence-electron chi connectivity index (χ2n) is 6.57. The summed E-state index contributed by atoms with van der Waals surface area (Å²) in [6, 6.07) is 8.56. The standard InChI is InChI=1S/C19H22N4/c1-3-16(11-20-6-1)14-23-8-2-4-15(13-23)9-17-10-18-5-7-21-19(18)22-12-17/h1,3,5-7,10-12,15H,2,4,8-9,13-14H2,(H,21,22)/t15-/m1/s1. The molecule has 0 spiro atoms.